The van der Waals surface area contributed by atoms with Crippen molar-refractivity contribution in [2.45, 2.75) is 39.3 Å². The average molecular weight is 202 g/mol. The van der Waals surface area contributed by atoms with Crippen molar-refractivity contribution in [3.05, 3.63) is 0 Å². The molecule has 0 saturated heterocycles. The molecule has 5 nitrogen and oxygen atoms in total. The molecule has 0 aromatic rings. The van der Waals surface area contributed by atoms with Crippen molar-refractivity contribution in [1.82, 2.24) is 4.90 Å². The summed E-state index contributed by atoms with van der Waals surface area (Å²) in [6, 6.07) is -0.314. The van der Waals surface area contributed by atoms with Gasteiger partial charge in [0.15, 0.2) is 0 Å². The highest BCUT2D eigenvalue weighted by Crippen LogP contribution is 2.05. The molecule has 0 fully saturated rings. The summed E-state index contributed by atoms with van der Waals surface area (Å²) in [5.74, 6) is -1.29. The van der Waals surface area contributed by atoms with Gasteiger partial charge >= 0.3 is 5.97 Å². The van der Waals surface area contributed by atoms with Gasteiger partial charge in [0.25, 0.3) is 0 Å². The van der Waals surface area contributed by atoms with Gasteiger partial charge in [-0.1, -0.05) is 0 Å². The standard InChI is InChI=1S/C9H18N2O3/c1-6(2)11(5-4-8(12)13)7(3)9(10)14/h6-7H,4-5H2,1-3H3,(H2,10,14)(H,12,13). The lowest BCUT2D eigenvalue weighted by atomic mass is 10.2. The predicted octanol–water partition coefficient (Wildman–Crippen LogP) is 0.0453. The van der Waals surface area contributed by atoms with E-state index in [9.17, 15) is 9.59 Å². The molecule has 1 amide bonds. The summed E-state index contributed by atoms with van der Waals surface area (Å²) < 4.78 is 0. The van der Waals surface area contributed by atoms with Crippen molar-refractivity contribution < 1.29 is 14.7 Å². The highest BCUT2D eigenvalue weighted by Gasteiger charge is 2.21. The number of nitrogens with two attached hydrogens (primary N) is 1. The molecular weight excluding hydrogens is 184 g/mol. The maximum Gasteiger partial charge on any atom is 0.304 e. The second-order valence-electron chi connectivity index (χ2n) is 3.55. The molecular formula is C9H18N2O3. The van der Waals surface area contributed by atoms with Crippen LogP contribution in [-0.4, -0.2) is 40.5 Å². The van der Waals surface area contributed by atoms with Gasteiger partial charge in [-0.15, -0.1) is 0 Å². The van der Waals surface area contributed by atoms with Crippen LogP contribution in [0.25, 0.3) is 0 Å². The fourth-order valence-electron chi connectivity index (χ4n) is 1.29. The third-order valence-corrected chi connectivity index (χ3v) is 2.16. The number of hydrogen-bond donors (Lipinski definition) is 2. The maximum atomic E-state index is 10.9. The number of rotatable bonds is 6. The van der Waals surface area contributed by atoms with Crippen LogP contribution >= 0.6 is 0 Å². The quantitative estimate of drug-likeness (QED) is 0.637. The van der Waals surface area contributed by atoms with Crippen LogP contribution in [0.5, 0.6) is 0 Å². The Morgan fingerprint density at radius 2 is 1.86 bits per heavy atom. The molecule has 0 saturated carbocycles. The molecule has 3 N–H and O–H groups in total. The Bertz CT molecular complexity index is 216. The number of amides is 1. The van der Waals surface area contributed by atoms with Gasteiger partial charge in [0.1, 0.15) is 0 Å². The minimum absolute atomic E-state index is 0.0236. The highest BCUT2D eigenvalue weighted by molar-refractivity contribution is 5.79. The van der Waals surface area contributed by atoms with Crippen LogP contribution in [-0.2, 0) is 9.59 Å². The molecule has 0 aliphatic rings. The number of nitrogens with zero attached hydrogens (tertiary/aromatic N) is 1. The number of carbonyl (C=O) groups excluding carboxylic acids is 1. The van der Waals surface area contributed by atoms with Crippen LogP contribution in [0, 0.1) is 0 Å². The first-order chi connectivity index (χ1) is 6.36. The Balaban J connectivity index is 4.29. The van der Waals surface area contributed by atoms with Crippen LogP contribution in [0.2, 0.25) is 0 Å². The molecule has 0 aliphatic carbocycles. The van der Waals surface area contributed by atoms with E-state index in [1.54, 1.807) is 11.8 Å². The summed E-state index contributed by atoms with van der Waals surface area (Å²) in [5.41, 5.74) is 5.15. The van der Waals surface area contributed by atoms with Gasteiger partial charge in [-0.25, -0.2) is 0 Å². The Kier molecular flexibility index (Phi) is 5.15. The lowest BCUT2D eigenvalue weighted by molar-refractivity contribution is -0.138. The van der Waals surface area contributed by atoms with Gasteiger partial charge in [-0.05, 0) is 20.8 Å². The number of hydrogen-bond acceptors (Lipinski definition) is 3. The molecule has 5 heteroatoms. The Morgan fingerprint density at radius 1 is 1.36 bits per heavy atom. The third-order valence-electron chi connectivity index (χ3n) is 2.16. The van der Waals surface area contributed by atoms with E-state index in [1.807, 2.05) is 13.8 Å². The van der Waals surface area contributed by atoms with E-state index in [1.165, 1.54) is 0 Å². The number of carboxylic acid groups (broad SMARTS) is 1. The van der Waals surface area contributed by atoms with E-state index < -0.39 is 17.9 Å². The third kappa shape index (κ3) is 4.23. The summed E-state index contributed by atoms with van der Waals surface area (Å²) in [6.07, 6.45) is 0.0236. The lowest BCUT2D eigenvalue weighted by Crippen LogP contribution is -2.47. The molecule has 0 spiro atoms. The zero-order chi connectivity index (χ0) is 11.3. The van der Waals surface area contributed by atoms with Crippen molar-refractivity contribution in [3.8, 4) is 0 Å². The van der Waals surface area contributed by atoms with Crippen LogP contribution in [0.4, 0.5) is 0 Å². The largest absolute Gasteiger partial charge is 0.481 e. The summed E-state index contributed by atoms with van der Waals surface area (Å²) in [7, 11) is 0. The number of primary amides is 1. The molecule has 0 aromatic carbocycles. The first-order valence-corrected chi connectivity index (χ1v) is 4.63. The Morgan fingerprint density at radius 3 is 2.14 bits per heavy atom. The van der Waals surface area contributed by atoms with Gasteiger partial charge in [0, 0.05) is 12.6 Å². The molecule has 0 heterocycles. The minimum Gasteiger partial charge on any atom is -0.481 e. The van der Waals surface area contributed by atoms with Crippen LogP contribution in [0.15, 0.2) is 0 Å². The van der Waals surface area contributed by atoms with Crippen LogP contribution in [0.3, 0.4) is 0 Å². The molecule has 1 atom stereocenters. The van der Waals surface area contributed by atoms with E-state index in [4.69, 9.17) is 10.8 Å². The molecule has 0 aliphatic heterocycles. The summed E-state index contributed by atoms with van der Waals surface area (Å²) >= 11 is 0. The van der Waals surface area contributed by atoms with E-state index >= 15 is 0 Å². The lowest BCUT2D eigenvalue weighted by Gasteiger charge is -2.30. The zero-order valence-electron chi connectivity index (χ0n) is 8.86. The van der Waals surface area contributed by atoms with E-state index in [-0.39, 0.29) is 12.5 Å². The van der Waals surface area contributed by atoms with Crippen molar-refractivity contribution >= 4 is 11.9 Å². The molecule has 0 rings (SSSR count). The minimum atomic E-state index is -0.868. The van der Waals surface area contributed by atoms with Gasteiger partial charge in [-0.2, -0.15) is 0 Å². The monoisotopic (exact) mass is 202 g/mol. The van der Waals surface area contributed by atoms with Crippen LogP contribution in [0.1, 0.15) is 27.2 Å². The Labute approximate surface area is 83.9 Å². The van der Waals surface area contributed by atoms with E-state index in [0.29, 0.717) is 6.54 Å². The molecule has 1 unspecified atom stereocenters. The number of carbonyl (C=O) groups is 2. The second-order valence-corrected chi connectivity index (χ2v) is 3.55. The second kappa shape index (κ2) is 5.59. The first-order valence-electron chi connectivity index (χ1n) is 4.63. The molecule has 0 bridgehead atoms. The summed E-state index contributed by atoms with van der Waals surface area (Å²) in [6.45, 7) is 5.84. The van der Waals surface area contributed by atoms with Crippen molar-refractivity contribution in [3.63, 3.8) is 0 Å². The van der Waals surface area contributed by atoms with Gasteiger partial charge in [0.05, 0.1) is 12.5 Å². The normalized spacial score (nSPS) is 13.2. The fraction of sp³-hybridized carbons (Fsp3) is 0.778. The summed E-state index contributed by atoms with van der Waals surface area (Å²) in [4.78, 5) is 23.1. The van der Waals surface area contributed by atoms with Gasteiger partial charge < -0.3 is 10.8 Å². The fourth-order valence-corrected chi connectivity index (χ4v) is 1.29. The van der Waals surface area contributed by atoms with Crippen molar-refractivity contribution in [2.75, 3.05) is 6.54 Å². The maximum absolute atomic E-state index is 10.9. The predicted molar refractivity (Wildman–Crippen MR) is 52.8 cm³/mol. The molecule has 0 aromatic heterocycles. The number of carboxylic acids is 1. The average Bonchev–Trinajstić information content (AvgIpc) is 2.02. The smallest absolute Gasteiger partial charge is 0.304 e. The number of aliphatic carboxylic acids is 1. The Hall–Kier alpha value is -1.10. The van der Waals surface area contributed by atoms with Crippen LogP contribution < -0.4 is 5.73 Å². The highest BCUT2D eigenvalue weighted by atomic mass is 16.4. The van der Waals surface area contributed by atoms with Crippen molar-refractivity contribution in [1.29, 1.82) is 0 Å². The van der Waals surface area contributed by atoms with Gasteiger partial charge in [0.2, 0.25) is 5.91 Å². The van der Waals surface area contributed by atoms with Crippen molar-refractivity contribution in [2.24, 2.45) is 5.73 Å². The van der Waals surface area contributed by atoms with Gasteiger partial charge in [-0.3, -0.25) is 14.5 Å². The van der Waals surface area contributed by atoms with E-state index in [0.717, 1.165) is 0 Å². The topological polar surface area (TPSA) is 83.6 Å². The first kappa shape index (κ1) is 12.9. The molecule has 14 heavy (non-hydrogen) atoms. The van der Waals surface area contributed by atoms with E-state index in [2.05, 4.69) is 0 Å². The SMILES string of the molecule is CC(C)N(CCC(=O)O)C(C)C(N)=O. The molecule has 82 valence electrons. The molecule has 0 radical (unpaired) electrons. The zero-order valence-corrected chi connectivity index (χ0v) is 8.86. The summed E-state index contributed by atoms with van der Waals surface area (Å²) in [5, 5.41) is 8.52.